The predicted molar refractivity (Wildman–Crippen MR) is 417 cm³/mol. The number of allylic oxidation sites excluding steroid dienone is 3. The number of aliphatic hydroxyl groups is 2. The quantitative estimate of drug-likeness (QED) is 0.0320. The Morgan fingerprint density at radius 3 is 0.755 bits per heavy atom. The molecule has 94 heavy (non-hydrogen) atoms. The molecule has 2 unspecified atom stereocenters. The summed E-state index contributed by atoms with van der Waals surface area (Å²) >= 11 is 0. The van der Waals surface area contributed by atoms with Gasteiger partial charge in [-0.25, -0.2) is 0 Å². The Bertz CT molecular complexity index is 1480. The monoisotopic (exact) mass is 1320 g/mol. The van der Waals surface area contributed by atoms with E-state index < -0.39 is 12.1 Å². The first-order valence-electron chi connectivity index (χ1n) is 43.6. The minimum absolute atomic E-state index is 0.0275. The molecular formula is C88H171NO5. The van der Waals surface area contributed by atoms with Crippen LogP contribution in [0.3, 0.4) is 0 Å². The van der Waals surface area contributed by atoms with Gasteiger partial charge >= 0.3 is 5.97 Å². The fourth-order valence-corrected chi connectivity index (χ4v) is 14.1. The van der Waals surface area contributed by atoms with Crippen molar-refractivity contribution in [2.45, 2.75) is 514 Å². The average molecular weight is 1320 g/mol. The van der Waals surface area contributed by atoms with Gasteiger partial charge in [0, 0.05) is 12.8 Å². The van der Waals surface area contributed by atoms with Crippen LogP contribution < -0.4 is 5.32 Å². The molecule has 0 fully saturated rings. The van der Waals surface area contributed by atoms with Gasteiger partial charge in [0.05, 0.1) is 25.4 Å². The molecule has 0 saturated carbocycles. The van der Waals surface area contributed by atoms with E-state index in [9.17, 15) is 19.8 Å². The lowest BCUT2D eigenvalue weighted by Crippen LogP contribution is -2.45. The summed E-state index contributed by atoms with van der Waals surface area (Å²) in [4.78, 5) is 24.7. The molecule has 6 heteroatoms. The Kier molecular flexibility index (Phi) is 82.3. The first-order chi connectivity index (χ1) is 46.5. The van der Waals surface area contributed by atoms with Gasteiger partial charge in [0.2, 0.25) is 5.91 Å². The zero-order valence-corrected chi connectivity index (χ0v) is 64.2. The Morgan fingerprint density at radius 1 is 0.287 bits per heavy atom. The Morgan fingerprint density at radius 2 is 0.500 bits per heavy atom. The number of carbonyl (C=O) groups excluding carboxylic acids is 2. The molecule has 3 N–H and O–H groups in total. The SMILES string of the molecule is CCCCCCCCCCCCCCCCCCCCC/C=C/C(O)C(CO)NC(=O)CCCCCCCCCCCCCCCCCCC/C=C\CCCCCCCCCCCCCCCCCCCCOC(=O)CCCCCCCCCCCCCCCCCCC. The molecule has 0 spiro atoms. The maximum absolute atomic E-state index is 12.6. The smallest absolute Gasteiger partial charge is 0.305 e. The molecule has 1 amide bonds. The highest BCUT2D eigenvalue weighted by Crippen LogP contribution is 2.21. The third-order valence-electron chi connectivity index (χ3n) is 20.7. The molecule has 0 bridgehead atoms. The third-order valence-corrected chi connectivity index (χ3v) is 20.7. The molecule has 0 aliphatic rings. The van der Waals surface area contributed by atoms with E-state index in [1.165, 1.54) is 437 Å². The van der Waals surface area contributed by atoms with Gasteiger partial charge in [0.1, 0.15) is 0 Å². The number of ether oxygens (including phenoxy) is 1. The highest BCUT2D eigenvalue weighted by Gasteiger charge is 2.18. The van der Waals surface area contributed by atoms with E-state index in [0.29, 0.717) is 19.4 Å². The minimum atomic E-state index is -0.842. The van der Waals surface area contributed by atoms with Crippen LogP contribution >= 0.6 is 0 Å². The Labute approximate surface area is 590 Å². The summed E-state index contributed by atoms with van der Waals surface area (Å²) in [7, 11) is 0. The van der Waals surface area contributed by atoms with Crippen molar-refractivity contribution in [3.8, 4) is 0 Å². The molecule has 0 aromatic carbocycles. The molecule has 2 atom stereocenters. The number of hydrogen-bond acceptors (Lipinski definition) is 5. The van der Waals surface area contributed by atoms with Crippen molar-refractivity contribution in [3.05, 3.63) is 24.3 Å². The molecule has 6 nitrogen and oxygen atoms in total. The minimum Gasteiger partial charge on any atom is -0.466 e. The molecule has 0 aliphatic carbocycles. The van der Waals surface area contributed by atoms with Gasteiger partial charge < -0.3 is 20.3 Å². The molecule has 558 valence electrons. The van der Waals surface area contributed by atoms with Crippen molar-refractivity contribution in [2.75, 3.05) is 13.2 Å². The average Bonchev–Trinajstić information content (AvgIpc) is 3.74. The van der Waals surface area contributed by atoms with Gasteiger partial charge in [-0.1, -0.05) is 456 Å². The molecule has 0 rings (SSSR count). The van der Waals surface area contributed by atoms with Crippen LogP contribution in [0.2, 0.25) is 0 Å². The molecule has 0 aliphatic heterocycles. The van der Waals surface area contributed by atoms with Crippen molar-refractivity contribution < 1.29 is 24.5 Å². The maximum atomic E-state index is 12.6. The van der Waals surface area contributed by atoms with Crippen LogP contribution in [0, 0.1) is 0 Å². The fourth-order valence-electron chi connectivity index (χ4n) is 14.1. The number of carbonyl (C=O) groups is 2. The Balaban J connectivity index is 3.33. The van der Waals surface area contributed by atoms with Crippen LogP contribution in [0.25, 0.3) is 0 Å². The van der Waals surface area contributed by atoms with E-state index >= 15 is 0 Å². The first-order valence-corrected chi connectivity index (χ1v) is 43.6. The second-order valence-corrected chi connectivity index (χ2v) is 30.2. The number of esters is 1. The zero-order chi connectivity index (χ0) is 67.7. The predicted octanol–water partition coefficient (Wildman–Crippen LogP) is 29.2. The van der Waals surface area contributed by atoms with Crippen molar-refractivity contribution in [3.63, 3.8) is 0 Å². The zero-order valence-electron chi connectivity index (χ0n) is 64.2. The summed E-state index contributed by atoms with van der Waals surface area (Å²) in [5.41, 5.74) is 0. The lowest BCUT2D eigenvalue weighted by Gasteiger charge is -2.20. The van der Waals surface area contributed by atoms with Gasteiger partial charge in [-0.3, -0.25) is 9.59 Å². The Hall–Kier alpha value is -1.66. The van der Waals surface area contributed by atoms with E-state index in [4.69, 9.17) is 4.74 Å². The summed E-state index contributed by atoms with van der Waals surface area (Å²) in [6.07, 6.45) is 109. The topological polar surface area (TPSA) is 95.9 Å². The van der Waals surface area contributed by atoms with E-state index in [1.807, 2.05) is 6.08 Å². The highest BCUT2D eigenvalue weighted by molar-refractivity contribution is 5.76. The second kappa shape index (κ2) is 83.8. The van der Waals surface area contributed by atoms with Crippen LogP contribution in [-0.2, 0) is 14.3 Å². The van der Waals surface area contributed by atoms with Crippen LogP contribution in [0.5, 0.6) is 0 Å². The number of amides is 1. The first kappa shape index (κ1) is 92.3. The van der Waals surface area contributed by atoms with Gasteiger partial charge in [0.25, 0.3) is 0 Å². The number of unbranched alkanes of at least 4 members (excludes halogenated alkanes) is 70. The molecule has 0 heterocycles. The fraction of sp³-hybridized carbons (Fsp3) is 0.932. The van der Waals surface area contributed by atoms with Crippen LogP contribution in [0.4, 0.5) is 0 Å². The maximum Gasteiger partial charge on any atom is 0.305 e. The highest BCUT2D eigenvalue weighted by atomic mass is 16.5. The van der Waals surface area contributed by atoms with Gasteiger partial charge in [0.15, 0.2) is 0 Å². The van der Waals surface area contributed by atoms with Crippen molar-refractivity contribution in [1.82, 2.24) is 5.32 Å². The van der Waals surface area contributed by atoms with Gasteiger partial charge in [-0.15, -0.1) is 0 Å². The standard InChI is InChI=1S/C88H171NO5/c1-3-5-7-9-11-13-15-17-19-21-22-42-45-49-52-56-60-64-68-72-76-80-86(91)85(84-90)89-87(92)81-77-73-69-65-61-57-53-50-46-43-40-38-36-34-32-30-28-26-24-23-25-27-29-31-33-35-37-39-41-44-47-51-55-59-63-67-71-75-79-83-94-88(93)82-78-74-70-66-62-58-54-48-20-18-16-14-12-10-8-6-4-2/h23-24,76,80,85-86,90-91H,3-22,25-75,77-79,81-84H2,1-2H3,(H,89,92)/b24-23-,80-76+. The molecule has 0 aromatic rings. The number of hydrogen-bond donors (Lipinski definition) is 3. The van der Waals surface area contributed by atoms with Crippen LogP contribution in [-0.4, -0.2) is 47.4 Å². The van der Waals surface area contributed by atoms with Crippen LogP contribution in [0.1, 0.15) is 502 Å². The number of nitrogens with one attached hydrogen (secondary N) is 1. The molecule has 0 saturated heterocycles. The molecule has 0 aromatic heterocycles. The lowest BCUT2D eigenvalue weighted by molar-refractivity contribution is -0.143. The van der Waals surface area contributed by atoms with E-state index in [-0.39, 0.29) is 18.5 Å². The summed E-state index contributed by atoms with van der Waals surface area (Å²) < 4.78 is 5.52. The lowest BCUT2D eigenvalue weighted by atomic mass is 10.0. The molecular weight excluding hydrogens is 1150 g/mol. The summed E-state index contributed by atoms with van der Waals surface area (Å²) in [6, 6.07) is -0.625. The van der Waals surface area contributed by atoms with E-state index in [1.54, 1.807) is 6.08 Å². The van der Waals surface area contributed by atoms with Gasteiger partial charge in [-0.2, -0.15) is 0 Å². The van der Waals surface area contributed by atoms with Gasteiger partial charge in [-0.05, 0) is 57.8 Å². The van der Waals surface area contributed by atoms with E-state index in [0.717, 1.165) is 38.5 Å². The summed E-state index contributed by atoms with van der Waals surface area (Å²) in [5.74, 6) is -0.0309. The summed E-state index contributed by atoms with van der Waals surface area (Å²) in [6.45, 7) is 4.97. The second-order valence-electron chi connectivity index (χ2n) is 30.2. The van der Waals surface area contributed by atoms with Crippen LogP contribution in [0.15, 0.2) is 24.3 Å². The normalized spacial score (nSPS) is 12.5. The van der Waals surface area contributed by atoms with Crippen molar-refractivity contribution in [1.29, 1.82) is 0 Å². The largest absolute Gasteiger partial charge is 0.466 e. The number of aliphatic hydroxyl groups excluding tert-OH is 2. The third kappa shape index (κ3) is 79.3. The summed E-state index contributed by atoms with van der Waals surface area (Å²) in [5, 5.41) is 23.3. The number of rotatable bonds is 83. The molecule has 0 radical (unpaired) electrons. The van der Waals surface area contributed by atoms with Crippen molar-refractivity contribution in [2.24, 2.45) is 0 Å². The van der Waals surface area contributed by atoms with E-state index in [2.05, 4.69) is 31.3 Å². The van der Waals surface area contributed by atoms with Crippen molar-refractivity contribution >= 4 is 11.9 Å².